The molecule has 0 aliphatic heterocycles. The molecule has 0 fully saturated rings. The topological polar surface area (TPSA) is 49.7 Å². The molecular weight excluding hydrogens is 276 g/mol. The first-order valence-corrected chi connectivity index (χ1v) is 7.03. The molecule has 0 aliphatic rings. The van der Waals surface area contributed by atoms with Gasteiger partial charge in [0, 0.05) is 5.56 Å². The second-order valence-corrected chi connectivity index (χ2v) is 4.94. The number of hydrogen-bond acceptors (Lipinski definition) is 3. The predicted octanol–water partition coefficient (Wildman–Crippen LogP) is 4.34. The Bertz CT molecular complexity index is 767. The fraction of sp³-hybridized carbons (Fsp3) is 0.0526. The molecule has 22 heavy (non-hydrogen) atoms. The van der Waals surface area contributed by atoms with Crippen LogP contribution in [0.5, 0.6) is 17.2 Å². The van der Waals surface area contributed by atoms with Gasteiger partial charge in [-0.15, -0.1) is 0 Å². The first-order chi connectivity index (χ1) is 10.8. The van der Waals surface area contributed by atoms with Crippen molar-refractivity contribution in [3.8, 4) is 28.4 Å². The average molecular weight is 292 g/mol. The molecule has 0 heterocycles. The van der Waals surface area contributed by atoms with Crippen LogP contribution in [0.25, 0.3) is 11.1 Å². The summed E-state index contributed by atoms with van der Waals surface area (Å²) in [7, 11) is 0. The third-order valence-corrected chi connectivity index (χ3v) is 3.41. The van der Waals surface area contributed by atoms with Gasteiger partial charge in [-0.05, 0) is 23.8 Å². The van der Waals surface area contributed by atoms with Crippen LogP contribution < -0.4 is 4.74 Å². The zero-order valence-corrected chi connectivity index (χ0v) is 11.9. The van der Waals surface area contributed by atoms with Crippen LogP contribution in [-0.4, -0.2) is 10.2 Å². The highest BCUT2D eigenvalue weighted by Crippen LogP contribution is 2.41. The number of para-hydroxylation sites is 1. The molecule has 3 aromatic carbocycles. The fourth-order valence-electron chi connectivity index (χ4n) is 2.33. The molecule has 0 aliphatic carbocycles. The summed E-state index contributed by atoms with van der Waals surface area (Å²) in [5.41, 5.74) is 2.08. The van der Waals surface area contributed by atoms with Gasteiger partial charge in [0.05, 0.1) is 5.56 Å². The maximum atomic E-state index is 10.2. The largest absolute Gasteiger partial charge is 0.507 e. The summed E-state index contributed by atoms with van der Waals surface area (Å²) in [6.45, 7) is 0.394. The van der Waals surface area contributed by atoms with Crippen LogP contribution in [0.15, 0.2) is 72.8 Å². The Kier molecular flexibility index (Phi) is 3.97. The Hall–Kier alpha value is -2.94. The van der Waals surface area contributed by atoms with E-state index in [4.69, 9.17) is 4.74 Å². The normalized spacial score (nSPS) is 10.4. The molecule has 0 amide bonds. The third kappa shape index (κ3) is 2.88. The molecule has 0 aromatic heterocycles. The second kappa shape index (κ2) is 6.22. The van der Waals surface area contributed by atoms with Crippen LogP contribution in [0.4, 0.5) is 0 Å². The lowest BCUT2D eigenvalue weighted by Crippen LogP contribution is -1.97. The van der Waals surface area contributed by atoms with E-state index in [1.807, 2.05) is 36.4 Å². The molecule has 3 heteroatoms. The SMILES string of the molecule is Oc1ccccc1-c1c(O)cccc1OCc1ccccc1. The molecule has 3 nitrogen and oxygen atoms in total. The first kappa shape index (κ1) is 14.0. The summed E-state index contributed by atoms with van der Waals surface area (Å²) in [6, 6.07) is 21.8. The van der Waals surface area contributed by atoms with Gasteiger partial charge in [0.25, 0.3) is 0 Å². The number of phenols is 2. The van der Waals surface area contributed by atoms with Crippen molar-refractivity contribution in [2.45, 2.75) is 6.61 Å². The van der Waals surface area contributed by atoms with E-state index < -0.39 is 0 Å². The van der Waals surface area contributed by atoms with Crippen LogP contribution in [0.2, 0.25) is 0 Å². The lowest BCUT2D eigenvalue weighted by atomic mass is 10.0. The number of ether oxygens (including phenoxy) is 1. The van der Waals surface area contributed by atoms with Crippen molar-refractivity contribution in [3.05, 3.63) is 78.4 Å². The molecule has 0 atom stereocenters. The molecule has 110 valence electrons. The Morgan fingerprint density at radius 1 is 0.682 bits per heavy atom. The minimum atomic E-state index is 0.0760. The van der Waals surface area contributed by atoms with E-state index in [0.29, 0.717) is 23.5 Å². The molecule has 0 bridgehead atoms. The molecular formula is C19H16O3. The van der Waals surface area contributed by atoms with Crippen molar-refractivity contribution in [2.75, 3.05) is 0 Å². The molecule has 0 saturated heterocycles. The van der Waals surface area contributed by atoms with E-state index in [2.05, 4.69) is 0 Å². The standard InChI is InChI=1S/C19H16O3/c20-16-10-5-4-9-15(16)19-17(21)11-6-12-18(19)22-13-14-7-2-1-3-8-14/h1-12,20-21H,13H2. The molecule has 0 saturated carbocycles. The lowest BCUT2D eigenvalue weighted by molar-refractivity contribution is 0.306. The fourth-order valence-corrected chi connectivity index (χ4v) is 2.33. The van der Waals surface area contributed by atoms with Gasteiger partial charge in [0.1, 0.15) is 23.9 Å². The Morgan fingerprint density at radius 2 is 1.36 bits per heavy atom. The van der Waals surface area contributed by atoms with Crippen molar-refractivity contribution in [1.29, 1.82) is 0 Å². The zero-order valence-electron chi connectivity index (χ0n) is 11.9. The summed E-state index contributed by atoms with van der Waals surface area (Å²) < 4.78 is 5.84. The highest BCUT2D eigenvalue weighted by molar-refractivity contribution is 5.80. The molecule has 0 radical (unpaired) electrons. The number of rotatable bonds is 4. The summed E-state index contributed by atoms with van der Waals surface area (Å²) in [5.74, 6) is 0.714. The lowest BCUT2D eigenvalue weighted by Gasteiger charge is -2.14. The van der Waals surface area contributed by atoms with Crippen molar-refractivity contribution >= 4 is 0 Å². The monoisotopic (exact) mass is 292 g/mol. The zero-order chi connectivity index (χ0) is 15.4. The van der Waals surface area contributed by atoms with Gasteiger partial charge in [-0.1, -0.05) is 54.6 Å². The van der Waals surface area contributed by atoms with Crippen molar-refractivity contribution in [2.24, 2.45) is 0 Å². The maximum Gasteiger partial charge on any atom is 0.131 e. The average Bonchev–Trinajstić information content (AvgIpc) is 2.55. The minimum absolute atomic E-state index is 0.0760. The Labute approximate surface area is 129 Å². The van der Waals surface area contributed by atoms with Crippen LogP contribution in [0, 0.1) is 0 Å². The molecule has 0 spiro atoms. The van der Waals surface area contributed by atoms with Crippen LogP contribution in [-0.2, 0) is 6.61 Å². The summed E-state index contributed by atoms with van der Waals surface area (Å²) in [5, 5.41) is 20.2. The highest BCUT2D eigenvalue weighted by atomic mass is 16.5. The van der Waals surface area contributed by atoms with Gasteiger partial charge >= 0.3 is 0 Å². The van der Waals surface area contributed by atoms with Crippen molar-refractivity contribution in [3.63, 3.8) is 0 Å². The van der Waals surface area contributed by atoms with E-state index in [1.165, 1.54) is 0 Å². The van der Waals surface area contributed by atoms with Gasteiger partial charge in [-0.2, -0.15) is 0 Å². The maximum absolute atomic E-state index is 10.2. The van der Waals surface area contributed by atoms with E-state index in [-0.39, 0.29) is 11.5 Å². The summed E-state index contributed by atoms with van der Waals surface area (Å²) >= 11 is 0. The summed E-state index contributed by atoms with van der Waals surface area (Å²) in [6.07, 6.45) is 0. The van der Waals surface area contributed by atoms with Crippen molar-refractivity contribution in [1.82, 2.24) is 0 Å². The van der Waals surface area contributed by atoms with Gasteiger partial charge in [0.2, 0.25) is 0 Å². The number of benzene rings is 3. The van der Waals surface area contributed by atoms with E-state index >= 15 is 0 Å². The quantitative estimate of drug-likeness (QED) is 0.752. The van der Waals surface area contributed by atoms with Crippen LogP contribution in [0.3, 0.4) is 0 Å². The molecule has 2 N–H and O–H groups in total. The van der Waals surface area contributed by atoms with E-state index in [1.54, 1.807) is 36.4 Å². The molecule has 3 rings (SSSR count). The predicted molar refractivity (Wildman–Crippen MR) is 86.0 cm³/mol. The Morgan fingerprint density at radius 3 is 2.14 bits per heavy atom. The third-order valence-electron chi connectivity index (χ3n) is 3.41. The second-order valence-electron chi connectivity index (χ2n) is 4.94. The van der Waals surface area contributed by atoms with Gasteiger partial charge in [-0.3, -0.25) is 0 Å². The smallest absolute Gasteiger partial charge is 0.131 e. The van der Waals surface area contributed by atoms with Gasteiger partial charge in [0.15, 0.2) is 0 Å². The number of aromatic hydroxyl groups is 2. The minimum Gasteiger partial charge on any atom is -0.507 e. The molecule has 0 unspecified atom stereocenters. The van der Waals surface area contributed by atoms with E-state index in [9.17, 15) is 10.2 Å². The van der Waals surface area contributed by atoms with Crippen LogP contribution in [0.1, 0.15) is 5.56 Å². The first-order valence-electron chi connectivity index (χ1n) is 7.03. The molecule has 3 aromatic rings. The van der Waals surface area contributed by atoms with Gasteiger partial charge in [-0.25, -0.2) is 0 Å². The number of phenolic OH excluding ortho intramolecular Hbond substituents is 2. The Balaban J connectivity index is 1.95. The highest BCUT2D eigenvalue weighted by Gasteiger charge is 2.14. The van der Waals surface area contributed by atoms with Gasteiger partial charge < -0.3 is 14.9 Å². The summed E-state index contributed by atoms with van der Waals surface area (Å²) in [4.78, 5) is 0. The number of hydrogen-bond donors (Lipinski definition) is 2. The van der Waals surface area contributed by atoms with E-state index in [0.717, 1.165) is 5.56 Å². The van der Waals surface area contributed by atoms with Crippen molar-refractivity contribution < 1.29 is 14.9 Å². The van der Waals surface area contributed by atoms with Crippen LogP contribution >= 0.6 is 0 Å².